The zero-order valence-electron chi connectivity index (χ0n) is 13.4. The van der Waals surface area contributed by atoms with E-state index in [0.717, 1.165) is 38.5 Å². The molecule has 2 nitrogen and oxygen atoms in total. The van der Waals surface area contributed by atoms with Gasteiger partial charge in [-0.2, -0.15) is 0 Å². The van der Waals surface area contributed by atoms with Crippen LogP contribution in [0.2, 0.25) is 0 Å². The zero-order chi connectivity index (χ0) is 15.5. The summed E-state index contributed by atoms with van der Waals surface area (Å²) in [7, 11) is 1.60. The van der Waals surface area contributed by atoms with Crippen LogP contribution >= 0.6 is 0 Å². The summed E-state index contributed by atoms with van der Waals surface area (Å²) in [6.07, 6.45) is 5.36. The van der Waals surface area contributed by atoms with Gasteiger partial charge < -0.3 is 9.84 Å². The first-order chi connectivity index (χ1) is 10.5. The highest BCUT2D eigenvalue weighted by Crippen LogP contribution is 2.62. The standard InChI is InChI=1S/C19H25FO2/c1-19-8-7-12-13(15(19)5-6-18(19)20)4-3-11-9-16(21)17(22-2)10-14(11)12/h9-10,12-13,15,18,21H,3-8H2,1-2H3/t12-,13+,15-,18+,19-/m0/s1. The van der Waals surface area contributed by atoms with Crippen molar-refractivity contribution in [2.45, 2.75) is 57.5 Å². The van der Waals surface area contributed by atoms with Crippen molar-refractivity contribution in [2.75, 3.05) is 7.11 Å². The summed E-state index contributed by atoms with van der Waals surface area (Å²) in [6, 6.07) is 3.91. The predicted molar refractivity (Wildman–Crippen MR) is 84.2 cm³/mol. The maximum absolute atomic E-state index is 14.4. The molecule has 0 radical (unpaired) electrons. The first-order valence-electron chi connectivity index (χ1n) is 8.58. The largest absolute Gasteiger partial charge is 0.504 e. The van der Waals surface area contributed by atoms with Crippen molar-refractivity contribution >= 4 is 0 Å². The number of aromatic hydroxyl groups is 1. The maximum Gasteiger partial charge on any atom is 0.160 e. The van der Waals surface area contributed by atoms with Gasteiger partial charge in [0.25, 0.3) is 0 Å². The molecular formula is C19H25FO2. The van der Waals surface area contributed by atoms with Gasteiger partial charge in [0.1, 0.15) is 6.17 Å². The molecule has 0 spiro atoms. The lowest BCUT2D eigenvalue weighted by molar-refractivity contribution is 0.0143. The fraction of sp³-hybridized carbons (Fsp3) is 0.684. The summed E-state index contributed by atoms with van der Waals surface area (Å²) in [5.74, 6) is 2.45. The number of fused-ring (bicyclic) bond motifs is 5. The minimum Gasteiger partial charge on any atom is -0.504 e. The Morgan fingerprint density at radius 2 is 2.05 bits per heavy atom. The predicted octanol–water partition coefficient (Wildman–Crippen LogP) is 4.60. The highest BCUT2D eigenvalue weighted by molar-refractivity contribution is 5.49. The van der Waals surface area contributed by atoms with Crippen LogP contribution in [0, 0.1) is 17.3 Å². The van der Waals surface area contributed by atoms with Crippen LogP contribution in [-0.4, -0.2) is 18.4 Å². The Labute approximate surface area is 131 Å². The number of methoxy groups -OCH3 is 1. The normalized spacial score (nSPS) is 39.8. The molecule has 1 aromatic carbocycles. The van der Waals surface area contributed by atoms with E-state index in [4.69, 9.17) is 4.74 Å². The van der Waals surface area contributed by atoms with E-state index < -0.39 is 6.17 Å². The summed E-state index contributed by atoms with van der Waals surface area (Å²) in [5.41, 5.74) is 2.51. The van der Waals surface area contributed by atoms with Crippen LogP contribution in [0.25, 0.3) is 0 Å². The highest BCUT2D eigenvalue weighted by atomic mass is 19.1. The number of hydrogen-bond acceptors (Lipinski definition) is 2. The molecule has 22 heavy (non-hydrogen) atoms. The fourth-order valence-corrected chi connectivity index (χ4v) is 5.69. The number of phenols is 1. The van der Waals surface area contributed by atoms with Gasteiger partial charge in [-0.15, -0.1) is 0 Å². The van der Waals surface area contributed by atoms with Crippen molar-refractivity contribution in [3.8, 4) is 11.5 Å². The van der Waals surface area contributed by atoms with Crippen LogP contribution in [0.3, 0.4) is 0 Å². The lowest BCUT2D eigenvalue weighted by Crippen LogP contribution is -2.42. The van der Waals surface area contributed by atoms with Crippen LogP contribution < -0.4 is 4.74 Å². The molecule has 0 amide bonds. The molecule has 0 aliphatic heterocycles. The first kappa shape index (κ1) is 14.3. The Morgan fingerprint density at radius 3 is 2.82 bits per heavy atom. The van der Waals surface area contributed by atoms with Gasteiger partial charge in [-0.1, -0.05) is 6.92 Å². The second-order valence-corrected chi connectivity index (χ2v) is 7.73. The summed E-state index contributed by atoms with van der Waals surface area (Å²) >= 11 is 0. The number of benzene rings is 1. The zero-order valence-corrected chi connectivity index (χ0v) is 13.4. The molecule has 5 atom stereocenters. The number of ether oxygens (including phenoxy) is 1. The topological polar surface area (TPSA) is 29.5 Å². The lowest BCUT2D eigenvalue weighted by atomic mass is 9.55. The molecule has 0 aromatic heterocycles. The van der Waals surface area contributed by atoms with E-state index in [2.05, 4.69) is 6.92 Å². The quantitative estimate of drug-likeness (QED) is 0.822. The van der Waals surface area contributed by atoms with E-state index in [1.54, 1.807) is 7.11 Å². The Hall–Kier alpha value is -1.25. The number of aryl methyl sites for hydroxylation is 1. The summed E-state index contributed by atoms with van der Waals surface area (Å²) in [6.45, 7) is 2.18. The molecule has 2 saturated carbocycles. The molecule has 0 saturated heterocycles. The Morgan fingerprint density at radius 1 is 1.23 bits per heavy atom. The lowest BCUT2D eigenvalue weighted by Gasteiger charge is -2.49. The van der Waals surface area contributed by atoms with Gasteiger partial charge >= 0.3 is 0 Å². The number of hydrogen-bond donors (Lipinski definition) is 1. The smallest absolute Gasteiger partial charge is 0.160 e. The molecule has 1 N–H and O–H groups in total. The average molecular weight is 304 g/mol. The molecule has 120 valence electrons. The van der Waals surface area contributed by atoms with Gasteiger partial charge in [-0.3, -0.25) is 0 Å². The Balaban J connectivity index is 1.72. The van der Waals surface area contributed by atoms with Crippen LogP contribution in [-0.2, 0) is 6.42 Å². The van der Waals surface area contributed by atoms with Crippen LogP contribution in [0.5, 0.6) is 11.5 Å². The number of alkyl halides is 1. The van der Waals surface area contributed by atoms with Crippen molar-refractivity contribution < 1.29 is 14.2 Å². The molecular weight excluding hydrogens is 279 g/mol. The van der Waals surface area contributed by atoms with Gasteiger partial charge in [-0.05, 0) is 79.5 Å². The van der Waals surface area contributed by atoms with E-state index in [0.29, 0.717) is 23.5 Å². The number of phenolic OH excluding ortho intramolecular Hbond substituents is 1. The number of halogens is 1. The van der Waals surface area contributed by atoms with Crippen LogP contribution in [0.15, 0.2) is 12.1 Å². The Bertz CT molecular complexity index is 599. The van der Waals surface area contributed by atoms with Crippen molar-refractivity contribution in [2.24, 2.45) is 17.3 Å². The molecule has 3 aliphatic carbocycles. The highest BCUT2D eigenvalue weighted by Gasteiger charge is 2.55. The van der Waals surface area contributed by atoms with Crippen molar-refractivity contribution in [3.05, 3.63) is 23.3 Å². The van der Waals surface area contributed by atoms with E-state index in [1.807, 2.05) is 12.1 Å². The third kappa shape index (κ3) is 1.83. The molecule has 0 heterocycles. The van der Waals surface area contributed by atoms with E-state index in [9.17, 15) is 9.50 Å². The number of rotatable bonds is 1. The fourth-order valence-electron chi connectivity index (χ4n) is 5.69. The summed E-state index contributed by atoms with van der Waals surface area (Å²) in [5, 5.41) is 10.0. The van der Waals surface area contributed by atoms with E-state index in [-0.39, 0.29) is 11.2 Å². The second-order valence-electron chi connectivity index (χ2n) is 7.73. The first-order valence-corrected chi connectivity index (χ1v) is 8.58. The summed E-state index contributed by atoms with van der Waals surface area (Å²) in [4.78, 5) is 0. The average Bonchev–Trinajstić information content (AvgIpc) is 2.82. The van der Waals surface area contributed by atoms with Gasteiger partial charge in [0, 0.05) is 5.41 Å². The van der Waals surface area contributed by atoms with Gasteiger partial charge in [0.05, 0.1) is 7.11 Å². The van der Waals surface area contributed by atoms with Crippen molar-refractivity contribution in [1.29, 1.82) is 0 Å². The Kier molecular flexibility index (Phi) is 3.18. The SMILES string of the molecule is COc1cc2c(cc1O)CC[C@@H]1[C@@H]2CC[C@]2(C)[C@H](F)CC[C@@H]12. The van der Waals surface area contributed by atoms with Gasteiger partial charge in [0.15, 0.2) is 11.5 Å². The van der Waals surface area contributed by atoms with Crippen LogP contribution in [0.4, 0.5) is 4.39 Å². The molecule has 4 rings (SSSR count). The third-order valence-electron chi connectivity index (χ3n) is 6.91. The molecule has 2 fully saturated rings. The molecule has 1 aromatic rings. The monoisotopic (exact) mass is 304 g/mol. The minimum absolute atomic E-state index is 0.0975. The molecule has 0 unspecified atom stereocenters. The van der Waals surface area contributed by atoms with Crippen molar-refractivity contribution in [3.63, 3.8) is 0 Å². The van der Waals surface area contributed by atoms with Gasteiger partial charge in [0.2, 0.25) is 0 Å². The second kappa shape index (κ2) is 4.87. The maximum atomic E-state index is 14.4. The molecule has 0 bridgehead atoms. The summed E-state index contributed by atoms with van der Waals surface area (Å²) < 4.78 is 19.7. The minimum atomic E-state index is -0.616. The molecule has 3 heteroatoms. The van der Waals surface area contributed by atoms with Gasteiger partial charge in [-0.25, -0.2) is 4.39 Å². The van der Waals surface area contributed by atoms with Crippen LogP contribution in [0.1, 0.15) is 56.1 Å². The molecule has 3 aliphatic rings. The third-order valence-corrected chi connectivity index (χ3v) is 6.91. The van der Waals surface area contributed by atoms with E-state index in [1.165, 1.54) is 11.1 Å². The van der Waals surface area contributed by atoms with E-state index >= 15 is 0 Å². The van der Waals surface area contributed by atoms with Crippen molar-refractivity contribution in [1.82, 2.24) is 0 Å².